The Morgan fingerprint density at radius 2 is 1.21 bits per heavy atom. The number of hydrogen-bond donors (Lipinski definition) is 0. The molecule has 0 amide bonds. The number of ether oxygens (including phenoxy) is 1. The van der Waals surface area contributed by atoms with Crippen molar-refractivity contribution in [1.29, 1.82) is 0 Å². The van der Waals surface area contributed by atoms with Crippen LogP contribution in [0.2, 0.25) is 0 Å². The minimum absolute atomic E-state index is 0. The zero-order valence-electron chi connectivity index (χ0n) is 44.4. The molecule has 0 fully saturated rings. The Hall–Kier alpha value is -6.68. The van der Waals surface area contributed by atoms with Gasteiger partial charge in [0, 0.05) is 66.6 Å². The van der Waals surface area contributed by atoms with Gasteiger partial charge in [0.15, 0.2) is 0 Å². The molecule has 0 aliphatic carbocycles. The molecule has 0 spiro atoms. The summed E-state index contributed by atoms with van der Waals surface area (Å²) >= 11 is 0. The molecule has 10 rings (SSSR count). The fourth-order valence-corrected chi connectivity index (χ4v) is 10.4. The van der Waals surface area contributed by atoms with Crippen molar-refractivity contribution in [2.24, 2.45) is 0 Å². The van der Waals surface area contributed by atoms with Crippen molar-refractivity contribution in [2.75, 3.05) is 9.80 Å². The van der Waals surface area contributed by atoms with E-state index in [1.165, 1.54) is 38.9 Å². The van der Waals surface area contributed by atoms with E-state index >= 15 is 0 Å². The van der Waals surface area contributed by atoms with Gasteiger partial charge in [-0.3, -0.25) is 0 Å². The molecular formula is C67H67N4OPt-3. The smallest absolute Gasteiger partial charge is 0.135 e. The van der Waals surface area contributed by atoms with Crippen molar-refractivity contribution in [3.8, 4) is 28.4 Å². The molecule has 0 bridgehead atoms. The molecule has 0 radical (unpaired) electrons. The average molecular weight is 1140 g/mol. The number of pyridine rings is 1. The van der Waals surface area contributed by atoms with Crippen molar-refractivity contribution in [3.05, 3.63) is 228 Å². The van der Waals surface area contributed by atoms with Crippen molar-refractivity contribution < 1.29 is 25.8 Å². The Kier molecular flexibility index (Phi) is 14.0. The predicted octanol–water partition coefficient (Wildman–Crippen LogP) is 17.8. The number of fused-ring (bicyclic) bond motifs is 3. The third kappa shape index (κ3) is 9.94. The van der Waals surface area contributed by atoms with E-state index < -0.39 is 0 Å². The van der Waals surface area contributed by atoms with Gasteiger partial charge in [-0.15, -0.1) is 53.8 Å². The Bertz CT molecular complexity index is 3450. The summed E-state index contributed by atoms with van der Waals surface area (Å²) in [5.74, 6) is 2.67. The number of anilines is 2. The number of hydrogen-bond acceptors (Lipinski definition) is 4. The summed E-state index contributed by atoms with van der Waals surface area (Å²) in [6.07, 6.45) is 4.22. The van der Waals surface area contributed by atoms with Crippen LogP contribution in [0.4, 0.5) is 11.4 Å². The Labute approximate surface area is 448 Å². The van der Waals surface area contributed by atoms with Crippen LogP contribution >= 0.6 is 0 Å². The normalized spacial score (nSPS) is 13.3. The molecule has 6 heteroatoms. The second-order valence-corrected chi connectivity index (χ2v) is 22.7. The molecule has 7 aromatic carbocycles. The number of para-hydroxylation sites is 1. The fraction of sp³-hybridized carbons (Fsp3) is 0.254. The maximum Gasteiger partial charge on any atom is 0.135 e. The minimum atomic E-state index is -0.230. The molecule has 0 atom stereocenters. The van der Waals surface area contributed by atoms with E-state index in [1.54, 1.807) is 0 Å². The quantitative estimate of drug-likeness (QED) is 0.121. The predicted molar refractivity (Wildman–Crippen MR) is 302 cm³/mol. The second kappa shape index (κ2) is 20.0. The third-order valence-electron chi connectivity index (χ3n) is 14.5. The van der Waals surface area contributed by atoms with E-state index in [2.05, 4.69) is 280 Å². The Morgan fingerprint density at radius 1 is 0.575 bits per heavy atom. The first-order valence-electron chi connectivity index (χ1n) is 25.6. The molecule has 1 aliphatic rings. The average Bonchev–Trinajstić information content (AvgIpc) is 3.96. The second-order valence-electron chi connectivity index (χ2n) is 22.7. The van der Waals surface area contributed by atoms with Crippen molar-refractivity contribution in [3.63, 3.8) is 0 Å². The van der Waals surface area contributed by atoms with Gasteiger partial charge in [0.2, 0.25) is 0 Å². The van der Waals surface area contributed by atoms with Crippen LogP contribution in [-0.4, -0.2) is 9.55 Å². The first kappa shape index (κ1) is 51.2. The summed E-state index contributed by atoms with van der Waals surface area (Å²) in [7, 11) is 0. The number of rotatable bonds is 11. The molecule has 0 saturated heterocycles. The fourth-order valence-electron chi connectivity index (χ4n) is 10.4. The maximum atomic E-state index is 7.15. The SMILES string of the molecule is CC(C)c1cccc(C(C)C)c1C1=CN(c2[c-]c(Oc3[c-]c4c(c(C(C)(C)C)c3)c3ccccc3n4-c3cc(C(C)(C)C)ccn3)cc(-c3ccccc3)c2)[CH-]N1c1cccc(C(C)(C)c2ccccc2)c1.[Pt]. The van der Waals surface area contributed by atoms with Gasteiger partial charge < -0.3 is 19.1 Å². The molecule has 2 aromatic heterocycles. The van der Waals surface area contributed by atoms with E-state index in [9.17, 15) is 0 Å². The van der Waals surface area contributed by atoms with Gasteiger partial charge in [-0.2, -0.15) is 0 Å². The van der Waals surface area contributed by atoms with Gasteiger partial charge in [0.05, 0.1) is 0 Å². The third-order valence-corrected chi connectivity index (χ3v) is 14.5. The Balaban J connectivity index is 0.00000656. The van der Waals surface area contributed by atoms with Crippen LogP contribution in [0, 0.1) is 18.8 Å². The van der Waals surface area contributed by atoms with Gasteiger partial charge in [-0.05, 0) is 98.0 Å². The van der Waals surface area contributed by atoms with Crippen LogP contribution in [0.1, 0.15) is 134 Å². The van der Waals surface area contributed by atoms with E-state index in [1.807, 2.05) is 6.20 Å². The summed E-state index contributed by atoms with van der Waals surface area (Å²) in [5, 5.41) is 2.31. The van der Waals surface area contributed by atoms with Crippen LogP contribution < -0.4 is 14.5 Å². The summed E-state index contributed by atoms with van der Waals surface area (Å²) in [6.45, 7) is 29.6. The largest absolute Gasteiger partial charge is 0.509 e. The standard InChI is InChI=1S/C67H67N4O.Pt/c1-44(2)55-30-22-31-56(45(3)4)63(55)61-42-69(43-70(61)51-28-21-27-50(37-51)67(11,12)48-25-17-14-18-26-48)52-35-47(46-23-15-13-16-24-46)36-53(39-52)72-54-40-58(66(8,9)10)64-57-29-19-20-32-59(57)71(60(64)41-54)62-38-49(33-34-68-62)65(5,6)7;/h13-38,40,42-45H,1-12H3;/q-3;. The van der Waals surface area contributed by atoms with Crippen LogP contribution in [0.25, 0.3) is 44.4 Å². The minimum Gasteiger partial charge on any atom is -0.509 e. The van der Waals surface area contributed by atoms with E-state index in [4.69, 9.17) is 9.72 Å². The van der Waals surface area contributed by atoms with Crippen molar-refractivity contribution in [1.82, 2.24) is 9.55 Å². The Morgan fingerprint density at radius 3 is 1.88 bits per heavy atom. The summed E-state index contributed by atoms with van der Waals surface area (Å²) < 4.78 is 9.41. The van der Waals surface area contributed by atoms with E-state index in [0.29, 0.717) is 23.3 Å². The molecule has 3 heterocycles. The van der Waals surface area contributed by atoms with Gasteiger partial charge in [0.1, 0.15) is 5.82 Å². The zero-order chi connectivity index (χ0) is 50.7. The summed E-state index contributed by atoms with van der Waals surface area (Å²) in [4.78, 5) is 9.60. The molecule has 73 heavy (non-hydrogen) atoms. The maximum absolute atomic E-state index is 7.15. The number of aromatic nitrogens is 2. The molecule has 5 nitrogen and oxygen atoms in total. The van der Waals surface area contributed by atoms with Gasteiger partial charge >= 0.3 is 0 Å². The zero-order valence-corrected chi connectivity index (χ0v) is 46.7. The number of benzene rings is 7. The topological polar surface area (TPSA) is 33.5 Å². The molecule has 0 unspecified atom stereocenters. The summed E-state index contributed by atoms with van der Waals surface area (Å²) in [5.41, 5.74) is 15.5. The molecule has 9 aromatic rings. The monoisotopic (exact) mass is 1140 g/mol. The van der Waals surface area contributed by atoms with Crippen LogP contribution in [0.15, 0.2) is 170 Å². The van der Waals surface area contributed by atoms with Gasteiger partial charge in [-0.1, -0.05) is 203 Å². The molecule has 374 valence electrons. The van der Waals surface area contributed by atoms with E-state index in [-0.39, 0.29) is 37.3 Å². The van der Waals surface area contributed by atoms with Gasteiger partial charge in [-0.25, -0.2) is 4.98 Å². The van der Waals surface area contributed by atoms with Gasteiger partial charge in [0.25, 0.3) is 0 Å². The molecule has 1 aliphatic heterocycles. The van der Waals surface area contributed by atoms with Crippen molar-refractivity contribution in [2.45, 2.75) is 111 Å². The first-order chi connectivity index (χ1) is 34.4. The van der Waals surface area contributed by atoms with Crippen molar-refractivity contribution >= 4 is 38.9 Å². The molecule has 0 N–H and O–H groups in total. The first-order valence-corrected chi connectivity index (χ1v) is 25.6. The summed E-state index contributed by atoms with van der Waals surface area (Å²) in [6, 6.07) is 64.3. The molecular weight excluding hydrogens is 1070 g/mol. The van der Waals surface area contributed by atoms with Crippen LogP contribution in [0.5, 0.6) is 11.5 Å². The molecule has 0 saturated carbocycles. The van der Waals surface area contributed by atoms with Crippen LogP contribution in [0.3, 0.4) is 0 Å². The van der Waals surface area contributed by atoms with E-state index in [0.717, 1.165) is 55.8 Å². The number of nitrogens with zero attached hydrogens (tertiary/aromatic N) is 4. The van der Waals surface area contributed by atoms with Crippen LogP contribution in [-0.2, 0) is 37.3 Å².